The van der Waals surface area contributed by atoms with Crippen LogP contribution in [0.5, 0.6) is 0 Å². The Morgan fingerprint density at radius 2 is 2.25 bits per heavy atom. The van der Waals surface area contributed by atoms with Crippen molar-refractivity contribution in [3.8, 4) is 10.6 Å². The third-order valence-corrected chi connectivity index (χ3v) is 3.84. The summed E-state index contributed by atoms with van der Waals surface area (Å²) in [6.07, 6.45) is 1.58. The number of hydrogen-bond acceptors (Lipinski definition) is 5. The molecule has 106 valence electrons. The molecule has 2 aromatic rings. The van der Waals surface area contributed by atoms with E-state index >= 15 is 0 Å². The molecule has 0 amide bonds. The molecule has 0 fully saturated rings. The van der Waals surface area contributed by atoms with E-state index in [0.29, 0.717) is 17.3 Å². The Morgan fingerprint density at radius 3 is 2.90 bits per heavy atom. The molecular formula is C14H16N2O3S. The number of nitrogens with one attached hydrogen (secondary N) is 1. The summed E-state index contributed by atoms with van der Waals surface area (Å²) in [5.74, 6) is -0.303. The third kappa shape index (κ3) is 2.80. The third-order valence-electron chi connectivity index (χ3n) is 2.95. The van der Waals surface area contributed by atoms with Crippen LogP contribution in [0.3, 0.4) is 0 Å². The number of aromatic nitrogens is 2. The highest BCUT2D eigenvalue weighted by atomic mass is 32.1. The summed E-state index contributed by atoms with van der Waals surface area (Å²) < 4.78 is 5.07. The Hall–Kier alpha value is -1.95. The zero-order valence-electron chi connectivity index (χ0n) is 11.6. The highest BCUT2D eigenvalue weighted by Gasteiger charge is 2.33. The molecule has 2 heterocycles. The fourth-order valence-electron chi connectivity index (χ4n) is 1.69. The van der Waals surface area contributed by atoms with Crippen LogP contribution in [0.2, 0.25) is 0 Å². The fourth-order valence-corrected chi connectivity index (χ4v) is 2.67. The van der Waals surface area contributed by atoms with Gasteiger partial charge >= 0.3 is 5.97 Å². The van der Waals surface area contributed by atoms with Crippen LogP contribution in [0.25, 0.3) is 10.6 Å². The molecule has 0 atom stereocenters. The molecule has 1 N–H and O–H groups in total. The van der Waals surface area contributed by atoms with Gasteiger partial charge in [0.25, 0.3) is 0 Å². The zero-order valence-corrected chi connectivity index (χ0v) is 12.4. The minimum Gasteiger partial charge on any atom is -0.465 e. The van der Waals surface area contributed by atoms with Crippen LogP contribution in [0.4, 0.5) is 0 Å². The molecule has 20 heavy (non-hydrogen) atoms. The second-order valence-electron chi connectivity index (χ2n) is 4.82. The zero-order chi connectivity index (χ0) is 14.8. The van der Waals surface area contributed by atoms with Gasteiger partial charge < -0.3 is 9.72 Å². The molecule has 2 rings (SSSR count). The number of rotatable bonds is 4. The van der Waals surface area contributed by atoms with Crippen molar-refractivity contribution >= 4 is 17.3 Å². The maximum atomic E-state index is 12.0. The number of carbonyl (C=O) groups is 1. The maximum Gasteiger partial charge on any atom is 0.317 e. The number of thiazole rings is 1. The number of H-pyrrole nitrogens is 1. The quantitative estimate of drug-likeness (QED) is 0.878. The van der Waals surface area contributed by atoms with Crippen molar-refractivity contribution < 1.29 is 9.53 Å². The normalized spacial score (nSPS) is 11.3. The van der Waals surface area contributed by atoms with Crippen molar-refractivity contribution in [1.29, 1.82) is 0 Å². The van der Waals surface area contributed by atoms with Gasteiger partial charge in [0.15, 0.2) is 0 Å². The van der Waals surface area contributed by atoms with Gasteiger partial charge in [-0.1, -0.05) is 0 Å². The number of nitrogens with zero attached hydrogens (tertiary/aromatic N) is 1. The van der Waals surface area contributed by atoms with Gasteiger partial charge in [0, 0.05) is 23.2 Å². The number of esters is 1. The Bertz CT molecular complexity index is 673. The first kappa shape index (κ1) is 14.5. The van der Waals surface area contributed by atoms with Gasteiger partial charge in [-0.05, 0) is 26.8 Å². The first-order valence-electron chi connectivity index (χ1n) is 6.27. The van der Waals surface area contributed by atoms with Crippen molar-refractivity contribution in [2.24, 2.45) is 0 Å². The van der Waals surface area contributed by atoms with Crippen LogP contribution >= 0.6 is 11.3 Å². The van der Waals surface area contributed by atoms with Crippen molar-refractivity contribution in [2.75, 3.05) is 6.61 Å². The van der Waals surface area contributed by atoms with Gasteiger partial charge in [-0.15, -0.1) is 11.3 Å². The topological polar surface area (TPSA) is 72.1 Å². The summed E-state index contributed by atoms with van der Waals surface area (Å²) in [5.41, 5.74) is 0.413. The van der Waals surface area contributed by atoms with Crippen molar-refractivity contribution in [1.82, 2.24) is 9.97 Å². The molecular weight excluding hydrogens is 276 g/mol. The second kappa shape index (κ2) is 5.58. The van der Waals surface area contributed by atoms with Gasteiger partial charge in [-0.2, -0.15) is 0 Å². The van der Waals surface area contributed by atoms with E-state index in [-0.39, 0.29) is 11.5 Å². The predicted octanol–water partition coefficient (Wildman–Crippen LogP) is 2.34. The molecule has 0 bridgehead atoms. The highest BCUT2D eigenvalue weighted by molar-refractivity contribution is 7.13. The van der Waals surface area contributed by atoms with Gasteiger partial charge in [-0.25, -0.2) is 4.98 Å². The molecule has 0 aliphatic rings. The van der Waals surface area contributed by atoms with Gasteiger partial charge in [-0.3, -0.25) is 9.59 Å². The lowest BCUT2D eigenvalue weighted by Gasteiger charge is -2.19. The molecule has 0 aromatic carbocycles. The average molecular weight is 292 g/mol. The summed E-state index contributed by atoms with van der Waals surface area (Å²) in [6.45, 7) is 5.67. The molecule has 6 heteroatoms. The summed E-state index contributed by atoms with van der Waals surface area (Å²) in [6, 6.07) is 3.27. The Morgan fingerprint density at radius 1 is 1.50 bits per heavy atom. The molecule has 0 unspecified atom stereocenters. The Balaban J connectivity index is 2.33. The van der Waals surface area contributed by atoms with Crippen LogP contribution in [-0.4, -0.2) is 22.5 Å². The number of aromatic amines is 1. The lowest BCUT2D eigenvalue weighted by atomic mass is 9.90. The minimum absolute atomic E-state index is 0.177. The van der Waals surface area contributed by atoms with Gasteiger partial charge in [0.05, 0.1) is 12.3 Å². The smallest absolute Gasteiger partial charge is 0.317 e. The highest BCUT2D eigenvalue weighted by Crippen LogP contribution is 2.30. The van der Waals surface area contributed by atoms with E-state index in [1.165, 1.54) is 17.4 Å². The minimum atomic E-state index is -0.800. The van der Waals surface area contributed by atoms with E-state index < -0.39 is 5.41 Å². The first-order chi connectivity index (χ1) is 9.45. The average Bonchev–Trinajstić information content (AvgIpc) is 2.89. The number of pyridine rings is 1. The molecule has 5 nitrogen and oxygen atoms in total. The molecule has 0 saturated heterocycles. The van der Waals surface area contributed by atoms with E-state index in [1.807, 2.05) is 5.38 Å². The Labute approximate surface area is 120 Å². The van der Waals surface area contributed by atoms with Crippen molar-refractivity contribution in [3.63, 3.8) is 0 Å². The van der Waals surface area contributed by atoms with Gasteiger partial charge in [0.1, 0.15) is 10.4 Å². The van der Waals surface area contributed by atoms with Crippen LogP contribution in [0.1, 0.15) is 26.5 Å². The lowest BCUT2D eigenvalue weighted by molar-refractivity contribution is -0.148. The van der Waals surface area contributed by atoms with E-state index in [1.54, 1.807) is 33.0 Å². The monoisotopic (exact) mass is 292 g/mol. The summed E-state index contributed by atoms with van der Waals surface area (Å²) in [4.78, 5) is 30.3. The Kier molecular flexibility index (Phi) is 4.04. The van der Waals surface area contributed by atoms with Crippen molar-refractivity contribution in [3.05, 3.63) is 39.8 Å². The van der Waals surface area contributed by atoms with Gasteiger partial charge in [0.2, 0.25) is 5.56 Å². The number of hydrogen-bond donors (Lipinski definition) is 1. The summed E-state index contributed by atoms with van der Waals surface area (Å²) >= 11 is 1.40. The summed E-state index contributed by atoms with van der Waals surface area (Å²) in [7, 11) is 0. The SMILES string of the molecule is CCOC(=O)C(C)(C)c1csc(-c2cc[nH]c(=O)c2)n1. The van der Waals surface area contributed by atoms with E-state index in [4.69, 9.17) is 4.74 Å². The fraction of sp³-hybridized carbons (Fsp3) is 0.357. The van der Waals surface area contributed by atoms with Crippen LogP contribution in [0, 0.1) is 0 Å². The number of ether oxygens (including phenoxy) is 1. The van der Waals surface area contributed by atoms with Crippen molar-refractivity contribution in [2.45, 2.75) is 26.2 Å². The summed E-state index contributed by atoms with van der Waals surface area (Å²) in [5, 5.41) is 2.54. The first-order valence-corrected chi connectivity index (χ1v) is 7.15. The molecule has 0 aliphatic heterocycles. The lowest BCUT2D eigenvalue weighted by Crippen LogP contribution is -2.31. The molecule has 0 radical (unpaired) electrons. The van der Waals surface area contributed by atoms with E-state index in [0.717, 1.165) is 5.56 Å². The maximum absolute atomic E-state index is 12.0. The van der Waals surface area contributed by atoms with E-state index in [2.05, 4.69) is 9.97 Å². The predicted molar refractivity (Wildman–Crippen MR) is 77.8 cm³/mol. The van der Waals surface area contributed by atoms with Crippen LogP contribution in [0.15, 0.2) is 28.5 Å². The number of carbonyl (C=O) groups excluding carboxylic acids is 1. The molecule has 2 aromatic heterocycles. The molecule has 0 spiro atoms. The van der Waals surface area contributed by atoms with Crippen LogP contribution in [-0.2, 0) is 14.9 Å². The largest absolute Gasteiger partial charge is 0.465 e. The van der Waals surface area contributed by atoms with Crippen LogP contribution < -0.4 is 5.56 Å². The molecule has 0 aliphatic carbocycles. The molecule has 0 saturated carbocycles. The standard InChI is InChI=1S/C14H16N2O3S/c1-4-19-13(18)14(2,3)10-8-20-12(16-10)9-5-6-15-11(17)7-9/h5-8H,4H2,1-3H3,(H,15,17). The second-order valence-corrected chi connectivity index (χ2v) is 5.68. The van der Waals surface area contributed by atoms with E-state index in [9.17, 15) is 9.59 Å².